The van der Waals surface area contributed by atoms with Crippen LogP contribution in [0.5, 0.6) is 5.75 Å². The van der Waals surface area contributed by atoms with Crippen molar-refractivity contribution < 1.29 is 14.3 Å². The molecule has 0 atom stereocenters. The Morgan fingerprint density at radius 1 is 1.24 bits per heavy atom. The highest BCUT2D eigenvalue weighted by Gasteiger charge is 2.14. The van der Waals surface area contributed by atoms with Crippen molar-refractivity contribution in [2.75, 3.05) is 17.2 Å². The van der Waals surface area contributed by atoms with Crippen LogP contribution in [-0.4, -0.2) is 17.6 Å². The van der Waals surface area contributed by atoms with E-state index in [9.17, 15) is 14.3 Å². The van der Waals surface area contributed by atoms with E-state index < -0.39 is 11.7 Å². The van der Waals surface area contributed by atoms with E-state index in [0.29, 0.717) is 5.69 Å². The zero-order chi connectivity index (χ0) is 14.8. The number of amides is 1. The van der Waals surface area contributed by atoms with Crippen molar-refractivity contribution in [3.63, 3.8) is 0 Å². The molecule has 21 heavy (non-hydrogen) atoms. The number of hydrogen-bond acceptors (Lipinski definition) is 3. The van der Waals surface area contributed by atoms with Crippen molar-refractivity contribution in [3.05, 3.63) is 53.3 Å². The first-order valence-corrected chi connectivity index (χ1v) is 6.80. The number of phenolic OH excluding ortho intramolecular Hbond substituents is 1. The molecular weight excluding hydrogens is 271 g/mol. The minimum absolute atomic E-state index is 0.0779. The number of nitrogens with one attached hydrogen (secondary N) is 2. The molecule has 3 N–H and O–H groups in total. The molecular formula is C16H15FN2O2. The molecule has 108 valence electrons. The Morgan fingerprint density at radius 2 is 2.10 bits per heavy atom. The predicted octanol–water partition coefficient (Wildman–Crippen LogP) is 3.14. The van der Waals surface area contributed by atoms with Gasteiger partial charge in [0.15, 0.2) is 0 Å². The van der Waals surface area contributed by atoms with Gasteiger partial charge < -0.3 is 15.7 Å². The van der Waals surface area contributed by atoms with Gasteiger partial charge in [-0.1, -0.05) is 0 Å². The first kappa shape index (κ1) is 13.4. The standard InChI is InChI=1S/C16H15FN2O2/c17-11-3-6-15(20)13(9-11)16(21)19-12-4-5-14-10(8-12)2-1-7-18-14/h3-6,8-9,18,20H,1-2,7H2,(H,19,21). The van der Waals surface area contributed by atoms with E-state index in [2.05, 4.69) is 10.6 Å². The largest absolute Gasteiger partial charge is 0.507 e. The van der Waals surface area contributed by atoms with Crippen LogP contribution in [0.1, 0.15) is 22.3 Å². The number of benzene rings is 2. The number of aromatic hydroxyl groups is 1. The third kappa shape index (κ3) is 2.81. The lowest BCUT2D eigenvalue weighted by Gasteiger charge is -2.18. The van der Waals surface area contributed by atoms with Gasteiger partial charge in [0.1, 0.15) is 11.6 Å². The Balaban J connectivity index is 1.83. The highest BCUT2D eigenvalue weighted by atomic mass is 19.1. The van der Waals surface area contributed by atoms with Crippen molar-refractivity contribution in [1.82, 2.24) is 0 Å². The molecule has 0 saturated carbocycles. The number of rotatable bonds is 2. The molecule has 0 bridgehead atoms. The van der Waals surface area contributed by atoms with Crippen LogP contribution in [0.25, 0.3) is 0 Å². The molecule has 0 saturated heterocycles. The lowest BCUT2D eigenvalue weighted by Crippen LogP contribution is -2.15. The molecule has 1 aliphatic heterocycles. The van der Waals surface area contributed by atoms with Crippen LogP contribution < -0.4 is 10.6 Å². The molecule has 4 nitrogen and oxygen atoms in total. The monoisotopic (exact) mass is 286 g/mol. The molecule has 0 spiro atoms. The van der Waals surface area contributed by atoms with E-state index >= 15 is 0 Å². The quantitative estimate of drug-likeness (QED) is 0.794. The van der Waals surface area contributed by atoms with E-state index in [1.165, 1.54) is 6.07 Å². The summed E-state index contributed by atoms with van der Waals surface area (Å²) in [6.07, 6.45) is 2.01. The van der Waals surface area contributed by atoms with Gasteiger partial charge in [0, 0.05) is 17.9 Å². The van der Waals surface area contributed by atoms with Crippen LogP contribution in [0, 0.1) is 5.82 Å². The summed E-state index contributed by atoms with van der Waals surface area (Å²) in [6.45, 7) is 0.954. The van der Waals surface area contributed by atoms with Crippen molar-refractivity contribution in [3.8, 4) is 5.75 Å². The number of hydrogen-bond donors (Lipinski definition) is 3. The number of halogens is 1. The molecule has 0 aromatic heterocycles. The minimum atomic E-state index is -0.562. The van der Waals surface area contributed by atoms with Gasteiger partial charge in [0.05, 0.1) is 5.56 Å². The van der Waals surface area contributed by atoms with E-state index in [1.54, 1.807) is 6.07 Å². The van der Waals surface area contributed by atoms with E-state index in [-0.39, 0.29) is 11.3 Å². The Labute approximate surface area is 121 Å². The maximum atomic E-state index is 13.2. The van der Waals surface area contributed by atoms with Crippen molar-refractivity contribution in [2.24, 2.45) is 0 Å². The predicted molar refractivity (Wildman–Crippen MR) is 79.3 cm³/mol. The SMILES string of the molecule is O=C(Nc1ccc2c(c1)CCCN2)c1cc(F)ccc1O. The topological polar surface area (TPSA) is 61.4 Å². The molecule has 5 heteroatoms. The van der Waals surface area contributed by atoms with Crippen LogP contribution in [-0.2, 0) is 6.42 Å². The molecule has 0 radical (unpaired) electrons. The Hall–Kier alpha value is -2.56. The Bertz CT molecular complexity index is 701. The molecule has 1 aliphatic rings. The molecule has 3 rings (SSSR count). The molecule has 2 aromatic rings. The fraction of sp³-hybridized carbons (Fsp3) is 0.188. The number of phenols is 1. The average Bonchev–Trinajstić information content (AvgIpc) is 2.49. The van der Waals surface area contributed by atoms with Crippen LogP contribution in [0.3, 0.4) is 0 Å². The highest BCUT2D eigenvalue weighted by Crippen LogP contribution is 2.26. The second-order valence-electron chi connectivity index (χ2n) is 5.02. The Morgan fingerprint density at radius 3 is 2.95 bits per heavy atom. The fourth-order valence-corrected chi connectivity index (χ4v) is 2.44. The summed E-state index contributed by atoms with van der Waals surface area (Å²) in [4.78, 5) is 12.1. The maximum Gasteiger partial charge on any atom is 0.259 e. The first-order valence-electron chi connectivity index (χ1n) is 6.80. The van der Waals surface area contributed by atoms with Gasteiger partial charge >= 0.3 is 0 Å². The van der Waals surface area contributed by atoms with Crippen LogP contribution >= 0.6 is 0 Å². The zero-order valence-electron chi connectivity index (χ0n) is 11.3. The van der Waals surface area contributed by atoms with E-state index in [4.69, 9.17) is 0 Å². The Kier molecular flexibility index (Phi) is 3.48. The van der Waals surface area contributed by atoms with Gasteiger partial charge in [-0.05, 0) is 54.8 Å². The van der Waals surface area contributed by atoms with Crippen LogP contribution in [0.15, 0.2) is 36.4 Å². The first-order chi connectivity index (χ1) is 10.1. The number of aryl methyl sites for hydroxylation is 1. The van der Waals surface area contributed by atoms with Gasteiger partial charge in [-0.25, -0.2) is 4.39 Å². The third-order valence-electron chi connectivity index (χ3n) is 3.50. The van der Waals surface area contributed by atoms with Gasteiger partial charge in [-0.2, -0.15) is 0 Å². The molecule has 1 heterocycles. The van der Waals surface area contributed by atoms with Gasteiger partial charge in [-0.3, -0.25) is 4.79 Å². The summed E-state index contributed by atoms with van der Waals surface area (Å²) < 4.78 is 13.2. The van der Waals surface area contributed by atoms with Crippen molar-refractivity contribution in [2.45, 2.75) is 12.8 Å². The second-order valence-corrected chi connectivity index (χ2v) is 5.02. The summed E-state index contributed by atoms with van der Waals surface area (Å²) in [6, 6.07) is 8.89. The maximum absolute atomic E-state index is 13.2. The lowest BCUT2D eigenvalue weighted by molar-refractivity contribution is 0.102. The molecule has 0 aliphatic carbocycles. The van der Waals surface area contributed by atoms with Gasteiger partial charge in [0.25, 0.3) is 5.91 Å². The summed E-state index contributed by atoms with van der Waals surface area (Å²) in [5.74, 6) is -1.34. The second kappa shape index (κ2) is 5.44. The van der Waals surface area contributed by atoms with Crippen LogP contribution in [0.4, 0.5) is 15.8 Å². The number of fused-ring (bicyclic) bond motifs is 1. The van der Waals surface area contributed by atoms with Crippen molar-refractivity contribution >= 4 is 17.3 Å². The summed E-state index contributed by atoms with van der Waals surface area (Å²) in [7, 11) is 0. The summed E-state index contributed by atoms with van der Waals surface area (Å²) >= 11 is 0. The van der Waals surface area contributed by atoms with E-state index in [1.807, 2.05) is 12.1 Å². The number of carbonyl (C=O) groups excluding carboxylic acids is 1. The molecule has 0 unspecified atom stereocenters. The minimum Gasteiger partial charge on any atom is -0.507 e. The fourth-order valence-electron chi connectivity index (χ4n) is 2.44. The highest BCUT2D eigenvalue weighted by molar-refractivity contribution is 6.06. The average molecular weight is 286 g/mol. The molecule has 0 fully saturated rings. The van der Waals surface area contributed by atoms with Gasteiger partial charge in [0.2, 0.25) is 0 Å². The number of carbonyl (C=O) groups is 1. The van der Waals surface area contributed by atoms with E-state index in [0.717, 1.165) is 42.8 Å². The van der Waals surface area contributed by atoms with Crippen molar-refractivity contribution in [1.29, 1.82) is 0 Å². The molecule has 1 amide bonds. The lowest BCUT2D eigenvalue weighted by atomic mass is 10.0. The zero-order valence-corrected chi connectivity index (χ0v) is 11.3. The van der Waals surface area contributed by atoms with Gasteiger partial charge in [-0.15, -0.1) is 0 Å². The normalized spacial score (nSPS) is 13.2. The van der Waals surface area contributed by atoms with Crippen LogP contribution in [0.2, 0.25) is 0 Å². The smallest absolute Gasteiger partial charge is 0.259 e. The third-order valence-corrected chi connectivity index (χ3v) is 3.50. The number of anilines is 2. The summed E-state index contributed by atoms with van der Waals surface area (Å²) in [5.41, 5.74) is 2.77. The summed E-state index contributed by atoms with van der Waals surface area (Å²) in [5, 5.41) is 15.6. The molecule has 2 aromatic carbocycles.